The van der Waals surface area contributed by atoms with Gasteiger partial charge in [-0.05, 0) is 80.0 Å². The lowest BCUT2D eigenvalue weighted by atomic mass is 9.86. The summed E-state index contributed by atoms with van der Waals surface area (Å²) in [6, 6.07) is 58.8. The van der Waals surface area contributed by atoms with Gasteiger partial charge in [0.2, 0.25) is 0 Å². The maximum absolute atomic E-state index is 5.44. The van der Waals surface area contributed by atoms with Crippen LogP contribution in [-0.2, 0) is 6.42 Å². The average Bonchev–Trinajstić information content (AvgIpc) is 3.59. The number of hydrogen-bond acceptors (Lipinski definition) is 3. The summed E-state index contributed by atoms with van der Waals surface area (Å²) in [5, 5.41) is 7.75. The molecule has 0 saturated carbocycles. The third-order valence-corrected chi connectivity index (χ3v) is 11.6. The standard InChI is InChI=1S/C48H32N2S/c1-30-14-5-7-20-35(30)44-37-22-9-10-23-38(37)45-39-27-26-32-17-6-8-21-36(32)47(39)51-48(45)40(44)29-43-46(50-42-25-12-11-24-41(42)49-43)34-19-13-18-33(28-34)31-15-3-2-4-16-31/h2-28H,29H2,1H3. The number of nitrogens with zero attached hydrogens (tertiary/aromatic N) is 2. The lowest BCUT2D eigenvalue weighted by molar-refractivity contribution is 1.09. The van der Waals surface area contributed by atoms with Crippen LogP contribution >= 0.6 is 11.3 Å². The number of thiophene rings is 1. The van der Waals surface area contributed by atoms with E-state index in [1.807, 2.05) is 17.4 Å². The minimum Gasteiger partial charge on any atom is -0.249 e. The molecule has 10 rings (SSSR count). The molecule has 2 nitrogen and oxygen atoms in total. The van der Waals surface area contributed by atoms with Crippen LogP contribution in [0, 0.1) is 6.92 Å². The minimum absolute atomic E-state index is 0.637. The third kappa shape index (κ3) is 4.92. The summed E-state index contributed by atoms with van der Waals surface area (Å²) in [6.45, 7) is 2.23. The summed E-state index contributed by atoms with van der Waals surface area (Å²) in [5.41, 5.74) is 12.2. The van der Waals surface area contributed by atoms with Gasteiger partial charge < -0.3 is 0 Å². The zero-order chi connectivity index (χ0) is 33.9. The number of para-hydroxylation sites is 2. The van der Waals surface area contributed by atoms with Gasteiger partial charge in [-0.15, -0.1) is 11.3 Å². The number of aryl methyl sites for hydroxylation is 1. The predicted octanol–water partition coefficient (Wildman–Crippen LogP) is 13.2. The molecule has 0 spiro atoms. The molecule has 240 valence electrons. The Labute approximate surface area is 300 Å². The third-order valence-electron chi connectivity index (χ3n) is 10.3. The van der Waals surface area contributed by atoms with E-state index in [-0.39, 0.29) is 0 Å². The summed E-state index contributed by atoms with van der Waals surface area (Å²) < 4.78 is 2.65. The zero-order valence-electron chi connectivity index (χ0n) is 28.1. The number of fused-ring (bicyclic) bond motifs is 8. The molecule has 3 heteroatoms. The number of aromatic nitrogens is 2. The molecule has 0 atom stereocenters. The first-order valence-electron chi connectivity index (χ1n) is 17.5. The molecule has 0 aliphatic carbocycles. The van der Waals surface area contributed by atoms with Crippen LogP contribution in [-0.4, -0.2) is 9.97 Å². The highest BCUT2D eigenvalue weighted by molar-refractivity contribution is 7.27. The molecule has 0 bridgehead atoms. The van der Waals surface area contributed by atoms with Gasteiger partial charge in [0.1, 0.15) is 0 Å². The van der Waals surface area contributed by atoms with E-state index in [2.05, 4.69) is 165 Å². The number of benzene rings is 8. The first kappa shape index (κ1) is 29.7. The Morgan fingerprint density at radius 2 is 1.16 bits per heavy atom. The summed E-state index contributed by atoms with van der Waals surface area (Å²) in [6.07, 6.45) is 0.637. The molecular weight excluding hydrogens is 637 g/mol. The molecule has 10 aromatic rings. The molecule has 0 aliphatic rings. The van der Waals surface area contributed by atoms with Gasteiger partial charge in [0.15, 0.2) is 0 Å². The minimum atomic E-state index is 0.637. The van der Waals surface area contributed by atoms with Crippen molar-refractivity contribution in [1.82, 2.24) is 9.97 Å². The largest absolute Gasteiger partial charge is 0.249 e. The molecule has 0 N–H and O–H groups in total. The second-order valence-electron chi connectivity index (χ2n) is 13.3. The molecule has 0 unspecified atom stereocenters. The van der Waals surface area contributed by atoms with E-state index in [9.17, 15) is 0 Å². The molecule has 0 saturated heterocycles. The maximum atomic E-state index is 5.44. The van der Waals surface area contributed by atoms with E-state index in [4.69, 9.17) is 9.97 Å². The van der Waals surface area contributed by atoms with Crippen LogP contribution in [0.4, 0.5) is 0 Å². The summed E-state index contributed by atoms with van der Waals surface area (Å²) in [4.78, 5) is 10.8. The van der Waals surface area contributed by atoms with E-state index >= 15 is 0 Å². The summed E-state index contributed by atoms with van der Waals surface area (Å²) in [7, 11) is 0. The van der Waals surface area contributed by atoms with E-state index < -0.39 is 0 Å². The van der Waals surface area contributed by atoms with Gasteiger partial charge in [-0.25, -0.2) is 9.97 Å². The van der Waals surface area contributed by atoms with Crippen LogP contribution in [0.15, 0.2) is 164 Å². The Balaban J connectivity index is 1.31. The van der Waals surface area contributed by atoms with Crippen molar-refractivity contribution >= 4 is 64.1 Å². The SMILES string of the molecule is Cc1ccccc1-c1c(Cc2nc3ccccc3nc2-c2cccc(-c3ccccc3)c2)c2sc3c4ccccc4ccc3c2c2ccccc12. The van der Waals surface area contributed by atoms with E-state index in [0.717, 1.165) is 28.0 Å². The van der Waals surface area contributed by atoms with Crippen molar-refractivity contribution < 1.29 is 0 Å². The zero-order valence-corrected chi connectivity index (χ0v) is 28.9. The van der Waals surface area contributed by atoms with Crippen LogP contribution in [0.5, 0.6) is 0 Å². The lowest BCUT2D eigenvalue weighted by Crippen LogP contribution is -2.03. The Morgan fingerprint density at radius 1 is 0.490 bits per heavy atom. The predicted molar refractivity (Wildman–Crippen MR) is 218 cm³/mol. The fraction of sp³-hybridized carbons (Fsp3) is 0.0417. The molecule has 0 aliphatic heterocycles. The molecule has 51 heavy (non-hydrogen) atoms. The fourth-order valence-electron chi connectivity index (χ4n) is 7.87. The van der Waals surface area contributed by atoms with E-state index in [0.29, 0.717) is 6.42 Å². The summed E-state index contributed by atoms with van der Waals surface area (Å²) >= 11 is 1.92. The molecule has 0 fully saturated rings. The molecular formula is C48H32N2S. The highest BCUT2D eigenvalue weighted by Crippen LogP contribution is 2.49. The van der Waals surface area contributed by atoms with Crippen molar-refractivity contribution in [3.05, 3.63) is 181 Å². The van der Waals surface area contributed by atoms with E-state index in [1.54, 1.807) is 0 Å². The second kappa shape index (κ2) is 12.0. The van der Waals surface area contributed by atoms with Crippen molar-refractivity contribution in [1.29, 1.82) is 0 Å². The Bertz CT molecular complexity index is 2960. The highest BCUT2D eigenvalue weighted by Gasteiger charge is 2.24. The maximum Gasteiger partial charge on any atom is 0.0928 e. The molecule has 8 aromatic carbocycles. The topological polar surface area (TPSA) is 25.8 Å². The van der Waals surface area contributed by atoms with Gasteiger partial charge in [0, 0.05) is 32.2 Å². The molecule has 2 aromatic heterocycles. The van der Waals surface area contributed by atoms with Gasteiger partial charge in [0.25, 0.3) is 0 Å². The van der Waals surface area contributed by atoms with Crippen LogP contribution in [0.2, 0.25) is 0 Å². The van der Waals surface area contributed by atoms with Crippen molar-refractivity contribution in [2.75, 3.05) is 0 Å². The Kier molecular flexibility index (Phi) is 7.00. The van der Waals surface area contributed by atoms with Crippen molar-refractivity contribution in [2.24, 2.45) is 0 Å². The number of hydrogen-bond donors (Lipinski definition) is 0. The monoisotopic (exact) mass is 668 g/mol. The van der Waals surface area contributed by atoms with Crippen LogP contribution in [0.3, 0.4) is 0 Å². The van der Waals surface area contributed by atoms with E-state index in [1.165, 1.54) is 75.1 Å². The average molecular weight is 669 g/mol. The first-order chi connectivity index (χ1) is 25.2. The van der Waals surface area contributed by atoms with Crippen LogP contribution < -0.4 is 0 Å². The molecule has 0 radical (unpaired) electrons. The van der Waals surface area contributed by atoms with Crippen molar-refractivity contribution in [3.63, 3.8) is 0 Å². The first-order valence-corrected chi connectivity index (χ1v) is 18.3. The Morgan fingerprint density at radius 3 is 2.00 bits per heavy atom. The van der Waals surface area contributed by atoms with Crippen molar-refractivity contribution in [3.8, 4) is 33.5 Å². The van der Waals surface area contributed by atoms with Gasteiger partial charge in [-0.3, -0.25) is 0 Å². The van der Waals surface area contributed by atoms with Gasteiger partial charge in [0.05, 0.1) is 22.4 Å². The Hall–Kier alpha value is -6.16. The normalized spacial score (nSPS) is 11.7. The van der Waals surface area contributed by atoms with Gasteiger partial charge in [-0.1, -0.05) is 146 Å². The second-order valence-corrected chi connectivity index (χ2v) is 14.3. The van der Waals surface area contributed by atoms with Gasteiger partial charge in [-0.2, -0.15) is 0 Å². The quantitative estimate of drug-likeness (QED) is 0.182. The van der Waals surface area contributed by atoms with Crippen LogP contribution in [0.1, 0.15) is 16.8 Å². The molecule has 0 amide bonds. The van der Waals surface area contributed by atoms with Crippen molar-refractivity contribution in [2.45, 2.75) is 13.3 Å². The van der Waals surface area contributed by atoms with Crippen LogP contribution in [0.25, 0.3) is 86.3 Å². The summed E-state index contributed by atoms with van der Waals surface area (Å²) in [5.74, 6) is 0. The number of rotatable bonds is 5. The fourth-order valence-corrected chi connectivity index (χ4v) is 9.26. The smallest absolute Gasteiger partial charge is 0.0928 e. The lowest BCUT2D eigenvalue weighted by Gasteiger charge is -2.19. The van der Waals surface area contributed by atoms with Gasteiger partial charge >= 0.3 is 0 Å². The highest BCUT2D eigenvalue weighted by atomic mass is 32.1. The molecule has 2 heterocycles.